The summed E-state index contributed by atoms with van der Waals surface area (Å²) in [6.07, 6.45) is 1.53. The summed E-state index contributed by atoms with van der Waals surface area (Å²) in [5, 5.41) is 0. The predicted octanol–water partition coefficient (Wildman–Crippen LogP) is 1.71. The summed E-state index contributed by atoms with van der Waals surface area (Å²) < 4.78 is 7.48. The molecule has 0 unspecified atom stereocenters. The Morgan fingerprint density at radius 2 is 2.30 bits per heavy atom. The number of nitrogens with zero attached hydrogens (tertiary/aromatic N) is 3. The van der Waals surface area contributed by atoms with Gasteiger partial charge in [-0.05, 0) is 25.0 Å². The molecule has 1 aromatic carbocycles. The third kappa shape index (κ3) is 2.29. The first kappa shape index (κ1) is 13.1. The van der Waals surface area contributed by atoms with Gasteiger partial charge in [-0.3, -0.25) is 4.79 Å². The Morgan fingerprint density at radius 1 is 1.50 bits per heavy atom. The highest BCUT2D eigenvalue weighted by atomic mass is 16.5. The van der Waals surface area contributed by atoms with Crippen molar-refractivity contribution in [2.24, 2.45) is 7.05 Å². The number of imidazole rings is 1. The maximum atomic E-state index is 12.2. The Morgan fingerprint density at radius 3 is 3.00 bits per heavy atom. The molecule has 1 aliphatic rings. The lowest BCUT2D eigenvalue weighted by Gasteiger charge is -2.20. The predicted molar refractivity (Wildman–Crippen MR) is 76.2 cm³/mol. The zero-order valence-electron chi connectivity index (χ0n) is 11.9. The lowest BCUT2D eigenvalue weighted by Crippen LogP contribution is -2.36. The number of para-hydroxylation sites is 2. The van der Waals surface area contributed by atoms with Crippen molar-refractivity contribution in [1.29, 1.82) is 0 Å². The van der Waals surface area contributed by atoms with E-state index in [0.717, 1.165) is 29.7 Å². The fourth-order valence-electron chi connectivity index (χ4n) is 2.65. The van der Waals surface area contributed by atoms with Crippen molar-refractivity contribution in [2.75, 3.05) is 13.7 Å². The fourth-order valence-corrected chi connectivity index (χ4v) is 2.65. The zero-order valence-corrected chi connectivity index (χ0v) is 11.9. The van der Waals surface area contributed by atoms with Crippen LogP contribution in [0.25, 0.3) is 11.0 Å². The smallest absolute Gasteiger partial charge is 0.251 e. The lowest BCUT2D eigenvalue weighted by atomic mass is 10.2. The second-order valence-electron chi connectivity index (χ2n) is 5.27. The van der Waals surface area contributed by atoms with Crippen molar-refractivity contribution in [3.8, 4) is 0 Å². The first-order valence-electron chi connectivity index (χ1n) is 6.94. The van der Waals surface area contributed by atoms with Crippen LogP contribution < -0.4 is 0 Å². The summed E-state index contributed by atoms with van der Waals surface area (Å²) in [5.41, 5.74) is 2.04. The number of rotatable bonds is 3. The van der Waals surface area contributed by atoms with Crippen LogP contribution in [0.5, 0.6) is 0 Å². The molecule has 1 aliphatic heterocycles. The number of hydrogen-bond donors (Lipinski definition) is 0. The Bertz CT molecular complexity index is 629. The van der Waals surface area contributed by atoms with E-state index in [2.05, 4.69) is 4.98 Å². The molecule has 5 nitrogen and oxygen atoms in total. The maximum Gasteiger partial charge on any atom is 0.251 e. The second-order valence-corrected chi connectivity index (χ2v) is 5.27. The van der Waals surface area contributed by atoms with Crippen LogP contribution in [0.3, 0.4) is 0 Å². The summed E-state index contributed by atoms with van der Waals surface area (Å²) in [7, 11) is 3.79. The van der Waals surface area contributed by atoms with Gasteiger partial charge in [-0.15, -0.1) is 0 Å². The molecule has 0 saturated carbocycles. The van der Waals surface area contributed by atoms with E-state index in [9.17, 15) is 4.79 Å². The van der Waals surface area contributed by atoms with E-state index in [4.69, 9.17) is 4.74 Å². The normalized spacial score (nSPS) is 18.6. The van der Waals surface area contributed by atoms with Crippen LogP contribution in [0.2, 0.25) is 0 Å². The maximum absolute atomic E-state index is 12.2. The highest BCUT2D eigenvalue weighted by Gasteiger charge is 2.27. The minimum absolute atomic E-state index is 0.0505. The van der Waals surface area contributed by atoms with Crippen LogP contribution in [0.15, 0.2) is 24.3 Å². The molecule has 5 heteroatoms. The monoisotopic (exact) mass is 273 g/mol. The molecule has 1 fully saturated rings. The highest BCUT2D eigenvalue weighted by molar-refractivity contribution is 5.81. The number of aromatic nitrogens is 2. The lowest BCUT2D eigenvalue weighted by molar-refractivity contribution is -0.140. The number of ether oxygens (including phenoxy) is 1. The van der Waals surface area contributed by atoms with Crippen molar-refractivity contribution in [3.63, 3.8) is 0 Å². The van der Waals surface area contributed by atoms with E-state index in [1.807, 2.05) is 42.9 Å². The molecular weight excluding hydrogens is 254 g/mol. The fraction of sp³-hybridized carbons (Fsp3) is 0.467. The van der Waals surface area contributed by atoms with Crippen LogP contribution in [0.4, 0.5) is 0 Å². The van der Waals surface area contributed by atoms with E-state index < -0.39 is 0 Å². The van der Waals surface area contributed by atoms with Gasteiger partial charge in [0.1, 0.15) is 11.9 Å². The molecule has 20 heavy (non-hydrogen) atoms. The molecule has 1 aromatic heterocycles. The van der Waals surface area contributed by atoms with Crippen molar-refractivity contribution >= 4 is 16.9 Å². The Balaban J connectivity index is 1.78. The van der Waals surface area contributed by atoms with Crippen LogP contribution in [-0.2, 0) is 23.1 Å². The second kappa shape index (κ2) is 5.25. The molecule has 2 aromatic rings. The van der Waals surface area contributed by atoms with Gasteiger partial charge in [-0.2, -0.15) is 0 Å². The van der Waals surface area contributed by atoms with Crippen molar-refractivity contribution in [3.05, 3.63) is 30.1 Å². The number of benzene rings is 1. The zero-order chi connectivity index (χ0) is 14.1. The van der Waals surface area contributed by atoms with Gasteiger partial charge in [0.2, 0.25) is 0 Å². The average Bonchev–Trinajstić information content (AvgIpc) is 3.08. The largest absolute Gasteiger partial charge is 0.368 e. The van der Waals surface area contributed by atoms with E-state index in [1.54, 1.807) is 4.90 Å². The Kier molecular flexibility index (Phi) is 3.44. The Labute approximate surface area is 118 Å². The summed E-state index contributed by atoms with van der Waals surface area (Å²) in [4.78, 5) is 18.5. The molecule has 0 N–H and O–H groups in total. The van der Waals surface area contributed by atoms with Gasteiger partial charge in [0.15, 0.2) is 0 Å². The Hall–Kier alpha value is -1.88. The molecule has 1 amide bonds. The van der Waals surface area contributed by atoms with E-state index in [0.29, 0.717) is 13.2 Å². The molecular formula is C15H19N3O2. The number of carbonyl (C=O) groups excluding carboxylic acids is 1. The highest BCUT2D eigenvalue weighted by Crippen LogP contribution is 2.18. The molecule has 106 valence electrons. The third-order valence-corrected chi connectivity index (χ3v) is 3.84. The van der Waals surface area contributed by atoms with Gasteiger partial charge in [-0.1, -0.05) is 12.1 Å². The first-order valence-corrected chi connectivity index (χ1v) is 6.94. The number of carbonyl (C=O) groups is 1. The quantitative estimate of drug-likeness (QED) is 0.855. The molecule has 1 atom stereocenters. The van der Waals surface area contributed by atoms with Crippen LogP contribution in [0.1, 0.15) is 18.7 Å². The van der Waals surface area contributed by atoms with Gasteiger partial charge < -0.3 is 14.2 Å². The van der Waals surface area contributed by atoms with Gasteiger partial charge in [0, 0.05) is 20.7 Å². The van der Waals surface area contributed by atoms with Crippen LogP contribution in [-0.4, -0.2) is 40.1 Å². The number of amides is 1. The summed E-state index contributed by atoms with van der Waals surface area (Å²) in [6, 6.07) is 7.99. The van der Waals surface area contributed by atoms with Crippen molar-refractivity contribution in [2.45, 2.75) is 25.5 Å². The van der Waals surface area contributed by atoms with E-state index in [-0.39, 0.29) is 12.0 Å². The summed E-state index contributed by atoms with van der Waals surface area (Å²) >= 11 is 0. The number of likely N-dealkylation sites (N-methyl/N-ethyl adjacent to an activating group) is 1. The van der Waals surface area contributed by atoms with Gasteiger partial charge >= 0.3 is 0 Å². The molecule has 0 aliphatic carbocycles. The molecule has 1 saturated heterocycles. The molecule has 3 rings (SSSR count). The van der Waals surface area contributed by atoms with E-state index >= 15 is 0 Å². The molecule has 0 radical (unpaired) electrons. The van der Waals surface area contributed by atoms with Gasteiger partial charge in [0.05, 0.1) is 17.6 Å². The summed E-state index contributed by atoms with van der Waals surface area (Å²) in [6.45, 7) is 1.19. The molecule has 0 bridgehead atoms. The van der Waals surface area contributed by atoms with Crippen molar-refractivity contribution in [1.82, 2.24) is 14.5 Å². The minimum atomic E-state index is -0.269. The van der Waals surface area contributed by atoms with Crippen LogP contribution in [0, 0.1) is 0 Å². The van der Waals surface area contributed by atoms with Gasteiger partial charge in [0.25, 0.3) is 5.91 Å². The van der Waals surface area contributed by atoms with Gasteiger partial charge in [-0.25, -0.2) is 4.98 Å². The third-order valence-electron chi connectivity index (χ3n) is 3.84. The molecule has 0 spiro atoms. The standard InChI is InChI=1S/C15H19N3O2/c1-17(15(19)13-8-5-9-20-13)10-14-16-11-6-3-4-7-12(11)18(14)2/h3-4,6-7,13H,5,8-10H2,1-2H3/t13-/m1/s1. The minimum Gasteiger partial charge on any atom is -0.368 e. The average molecular weight is 273 g/mol. The number of fused-ring (bicyclic) bond motifs is 1. The SMILES string of the molecule is CN(Cc1nc2ccccc2n1C)C(=O)[C@H]1CCCO1. The summed E-state index contributed by atoms with van der Waals surface area (Å²) in [5.74, 6) is 0.939. The topological polar surface area (TPSA) is 47.4 Å². The van der Waals surface area contributed by atoms with Crippen molar-refractivity contribution < 1.29 is 9.53 Å². The van der Waals surface area contributed by atoms with Crippen LogP contribution >= 0.6 is 0 Å². The van der Waals surface area contributed by atoms with E-state index in [1.165, 1.54) is 0 Å². The number of hydrogen-bond acceptors (Lipinski definition) is 3. The molecule has 2 heterocycles. The number of aryl methyl sites for hydroxylation is 1. The first-order chi connectivity index (χ1) is 9.66.